The molecule has 0 fully saturated rings. The standard InChI is InChI=1S/C27H27Cl2N3O5/c1-4-11-36-24-10-7-19(13-25(24)35-3)27(34)32-30-15-18-6-9-23(22(29)12-18)37-16-26(33)31-20-8-5-17(2)21(28)14-20/h5-10,12-15H,4,11,16H2,1-3H3,(H,31,33)(H,32,34)/b30-15+. The molecule has 0 heterocycles. The second-order valence-electron chi connectivity index (χ2n) is 7.90. The summed E-state index contributed by atoms with van der Waals surface area (Å²) in [6.45, 7) is 4.19. The molecule has 0 radical (unpaired) electrons. The van der Waals surface area contributed by atoms with Gasteiger partial charge in [0.25, 0.3) is 11.8 Å². The number of hydrazone groups is 1. The van der Waals surface area contributed by atoms with Gasteiger partial charge in [-0.25, -0.2) is 5.43 Å². The van der Waals surface area contributed by atoms with Gasteiger partial charge in [-0.1, -0.05) is 36.2 Å². The Morgan fingerprint density at radius 3 is 2.43 bits per heavy atom. The minimum atomic E-state index is -0.413. The van der Waals surface area contributed by atoms with E-state index in [9.17, 15) is 9.59 Å². The van der Waals surface area contributed by atoms with E-state index in [0.717, 1.165) is 12.0 Å². The number of methoxy groups -OCH3 is 1. The van der Waals surface area contributed by atoms with E-state index < -0.39 is 5.91 Å². The lowest BCUT2D eigenvalue weighted by Crippen LogP contribution is -2.20. The topological polar surface area (TPSA) is 98.3 Å². The number of carbonyl (C=O) groups is 2. The molecule has 0 saturated heterocycles. The highest BCUT2D eigenvalue weighted by atomic mass is 35.5. The summed E-state index contributed by atoms with van der Waals surface area (Å²) in [5, 5.41) is 7.54. The summed E-state index contributed by atoms with van der Waals surface area (Å²) in [6, 6.07) is 15.0. The van der Waals surface area contributed by atoms with E-state index in [1.165, 1.54) is 13.3 Å². The van der Waals surface area contributed by atoms with E-state index >= 15 is 0 Å². The lowest BCUT2D eigenvalue weighted by atomic mass is 10.2. The summed E-state index contributed by atoms with van der Waals surface area (Å²) < 4.78 is 16.4. The predicted octanol–water partition coefficient (Wildman–Crippen LogP) is 5.88. The number of hydrogen-bond donors (Lipinski definition) is 2. The Balaban J connectivity index is 1.53. The molecule has 10 heteroatoms. The Morgan fingerprint density at radius 1 is 0.946 bits per heavy atom. The van der Waals surface area contributed by atoms with Crippen LogP contribution in [-0.4, -0.2) is 38.4 Å². The van der Waals surface area contributed by atoms with Crippen LogP contribution in [0.25, 0.3) is 0 Å². The van der Waals surface area contributed by atoms with Crippen molar-refractivity contribution in [3.63, 3.8) is 0 Å². The minimum Gasteiger partial charge on any atom is -0.493 e. The number of benzene rings is 3. The Bertz CT molecular complexity index is 1300. The van der Waals surface area contributed by atoms with E-state index in [0.29, 0.717) is 45.7 Å². The van der Waals surface area contributed by atoms with Gasteiger partial charge in [0.15, 0.2) is 18.1 Å². The Hall–Kier alpha value is -3.75. The fraction of sp³-hybridized carbons (Fsp3) is 0.222. The summed E-state index contributed by atoms with van der Waals surface area (Å²) in [4.78, 5) is 24.6. The third-order valence-corrected chi connectivity index (χ3v) is 5.74. The molecule has 0 spiro atoms. The third-order valence-electron chi connectivity index (χ3n) is 5.04. The summed E-state index contributed by atoms with van der Waals surface area (Å²) in [5.41, 5.74) is 4.94. The zero-order valence-electron chi connectivity index (χ0n) is 20.6. The van der Waals surface area contributed by atoms with Crippen LogP contribution in [0.2, 0.25) is 10.0 Å². The van der Waals surface area contributed by atoms with E-state index in [1.54, 1.807) is 48.5 Å². The van der Waals surface area contributed by atoms with Crippen LogP contribution in [0, 0.1) is 6.92 Å². The summed E-state index contributed by atoms with van der Waals surface area (Å²) in [6.07, 6.45) is 2.30. The molecule has 0 unspecified atom stereocenters. The van der Waals surface area contributed by atoms with Crippen LogP contribution in [-0.2, 0) is 4.79 Å². The van der Waals surface area contributed by atoms with Gasteiger partial charge < -0.3 is 19.5 Å². The molecule has 3 rings (SSSR count). The summed E-state index contributed by atoms with van der Waals surface area (Å²) in [7, 11) is 1.51. The number of aryl methyl sites for hydroxylation is 1. The Labute approximate surface area is 225 Å². The van der Waals surface area contributed by atoms with Crippen molar-refractivity contribution in [1.29, 1.82) is 0 Å². The van der Waals surface area contributed by atoms with Crippen LogP contribution in [0.5, 0.6) is 17.2 Å². The molecule has 0 atom stereocenters. The van der Waals surface area contributed by atoms with Crippen molar-refractivity contribution in [2.45, 2.75) is 20.3 Å². The maximum absolute atomic E-state index is 12.5. The lowest BCUT2D eigenvalue weighted by Gasteiger charge is -2.11. The van der Waals surface area contributed by atoms with Gasteiger partial charge in [-0.05, 0) is 73.0 Å². The van der Waals surface area contributed by atoms with Gasteiger partial charge in [-0.3, -0.25) is 9.59 Å². The lowest BCUT2D eigenvalue weighted by molar-refractivity contribution is -0.118. The van der Waals surface area contributed by atoms with Gasteiger partial charge in [-0.2, -0.15) is 5.10 Å². The molecule has 0 aliphatic rings. The van der Waals surface area contributed by atoms with Crippen molar-refractivity contribution in [3.05, 3.63) is 81.3 Å². The highest BCUT2D eigenvalue weighted by molar-refractivity contribution is 6.32. The number of hydrogen-bond acceptors (Lipinski definition) is 6. The van der Waals surface area contributed by atoms with E-state index in [4.69, 9.17) is 37.4 Å². The van der Waals surface area contributed by atoms with Gasteiger partial charge in [0.05, 0.1) is 25.0 Å². The van der Waals surface area contributed by atoms with Crippen molar-refractivity contribution >= 4 is 46.9 Å². The van der Waals surface area contributed by atoms with Crippen LogP contribution in [0.3, 0.4) is 0 Å². The zero-order chi connectivity index (χ0) is 26.8. The maximum Gasteiger partial charge on any atom is 0.271 e. The number of nitrogens with one attached hydrogen (secondary N) is 2. The normalized spacial score (nSPS) is 10.7. The van der Waals surface area contributed by atoms with E-state index in [-0.39, 0.29) is 17.5 Å². The molecule has 0 bridgehead atoms. The van der Waals surface area contributed by atoms with E-state index in [1.807, 2.05) is 19.9 Å². The molecule has 0 saturated carbocycles. The smallest absolute Gasteiger partial charge is 0.271 e. The highest BCUT2D eigenvalue weighted by Crippen LogP contribution is 2.28. The first kappa shape index (κ1) is 27.8. The van der Waals surface area contributed by atoms with Gasteiger partial charge in [0.1, 0.15) is 5.75 Å². The average molecular weight is 544 g/mol. The van der Waals surface area contributed by atoms with Gasteiger partial charge >= 0.3 is 0 Å². The number of halogens is 2. The molecule has 0 aliphatic carbocycles. The fourth-order valence-corrected chi connectivity index (χ4v) is 3.52. The van der Waals surface area contributed by atoms with Crippen LogP contribution < -0.4 is 25.0 Å². The van der Waals surface area contributed by atoms with Crippen LogP contribution >= 0.6 is 23.2 Å². The number of anilines is 1. The van der Waals surface area contributed by atoms with Crippen molar-refractivity contribution in [3.8, 4) is 17.2 Å². The number of amides is 2. The Morgan fingerprint density at radius 2 is 1.73 bits per heavy atom. The van der Waals surface area contributed by atoms with Gasteiger partial charge in [0.2, 0.25) is 0 Å². The molecule has 2 N–H and O–H groups in total. The maximum atomic E-state index is 12.5. The minimum absolute atomic E-state index is 0.236. The third kappa shape index (κ3) is 8.13. The number of rotatable bonds is 11. The number of carbonyl (C=O) groups excluding carboxylic acids is 2. The first-order chi connectivity index (χ1) is 17.8. The molecule has 3 aromatic rings. The Kier molecular flexibility index (Phi) is 10.2. The zero-order valence-corrected chi connectivity index (χ0v) is 22.2. The molecule has 194 valence electrons. The fourth-order valence-electron chi connectivity index (χ4n) is 3.10. The molecular weight excluding hydrogens is 517 g/mol. The van der Waals surface area contributed by atoms with Crippen LogP contribution in [0.15, 0.2) is 59.7 Å². The molecule has 0 aromatic heterocycles. The SMILES string of the molecule is CCCOc1ccc(C(=O)N/N=C/c2ccc(OCC(=O)Nc3ccc(C)c(Cl)c3)c(Cl)c2)cc1OC. The molecule has 37 heavy (non-hydrogen) atoms. The summed E-state index contributed by atoms with van der Waals surface area (Å²) in [5.74, 6) is 0.592. The van der Waals surface area contributed by atoms with Crippen LogP contribution in [0.1, 0.15) is 34.8 Å². The monoisotopic (exact) mass is 543 g/mol. The highest BCUT2D eigenvalue weighted by Gasteiger charge is 2.11. The average Bonchev–Trinajstić information content (AvgIpc) is 2.89. The second kappa shape index (κ2) is 13.5. The van der Waals surface area contributed by atoms with Crippen LogP contribution in [0.4, 0.5) is 5.69 Å². The summed E-state index contributed by atoms with van der Waals surface area (Å²) >= 11 is 12.4. The van der Waals surface area contributed by atoms with Gasteiger partial charge in [-0.15, -0.1) is 0 Å². The predicted molar refractivity (Wildman–Crippen MR) is 146 cm³/mol. The molecular formula is C27H27Cl2N3O5. The van der Waals surface area contributed by atoms with Crippen molar-refractivity contribution in [2.75, 3.05) is 25.6 Å². The molecule has 3 aromatic carbocycles. The number of ether oxygens (including phenoxy) is 3. The molecule has 0 aliphatic heterocycles. The number of nitrogens with zero attached hydrogens (tertiary/aromatic N) is 1. The molecule has 2 amide bonds. The molecule has 8 nitrogen and oxygen atoms in total. The quantitative estimate of drug-likeness (QED) is 0.232. The first-order valence-electron chi connectivity index (χ1n) is 11.4. The van der Waals surface area contributed by atoms with Gasteiger partial charge in [0, 0.05) is 16.3 Å². The van der Waals surface area contributed by atoms with Crippen molar-refractivity contribution in [2.24, 2.45) is 5.10 Å². The van der Waals surface area contributed by atoms with Crippen molar-refractivity contribution < 1.29 is 23.8 Å². The van der Waals surface area contributed by atoms with E-state index in [2.05, 4.69) is 15.8 Å². The largest absolute Gasteiger partial charge is 0.493 e. The first-order valence-corrected chi connectivity index (χ1v) is 12.2. The second-order valence-corrected chi connectivity index (χ2v) is 8.72. The van der Waals surface area contributed by atoms with Crippen molar-refractivity contribution in [1.82, 2.24) is 5.43 Å².